The van der Waals surface area contributed by atoms with E-state index >= 15 is 0 Å². The van der Waals surface area contributed by atoms with E-state index < -0.39 is 18.0 Å². The van der Waals surface area contributed by atoms with Gasteiger partial charge >= 0.3 is 6.03 Å². The van der Waals surface area contributed by atoms with Crippen molar-refractivity contribution in [1.29, 1.82) is 0 Å². The molecule has 0 saturated heterocycles. The van der Waals surface area contributed by atoms with Crippen LogP contribution < -0.4 is 10.6 Å². The first-order valence-corrected chi connectivity index (χ1v) is 6.64. The number of nitrogens with one attached hydrogen (secondary N) is 2. The Kier molecular flexibility index (Phi) is 4.61. The number of aliphatic hydroxyl groups is 1. The monoisotopic (exact) mass is 286 g/mol. The minimum Gasteiger partial charge on any atom is -0.391 e. The molecule has 19 heavy (non-hydrogen) atoms. The first-order valence-electron chi connectivity index (χ1n) is 6.27. The Morgan fingerprint density at radius 2 is 2.11 bits per heavy atom. The summed E-state index contributed by atoms with van der Waals surface area (Å²) >= 11 is 5.74. The summed E-state index contributed by atoms with van der Waals surface area (Å²) in [6.45, 7) is 0. The van der Waals surface area contributed by atoms with Crippen LogP contribution >= 0.6 is 11.6 Å². The zero-order valence-electron chi connectivity index (χ0n) is 10.3. The molecule has 1 saturated carbocycles. The summed E-state index contributed by atoms with van der Waals surface area (Å²) in [6.07, 6.45) is 2.80. The fourth-order valence-corrected chi connectivity index (χ4v) is 2.37. The zero-order valence-corrected chi connectivity index (χ0v) is 11.1. The van der Waals surface area contributed by atoms with Crippen molar-refractivity contribution < 1.29 is 14.3 Å². The summed E-state index contributed by atoms with van der Waals surface area (Å²) in [5.41, 5.74) is 0.0234. The molecule has 2 rings (SSSR count). The Morgan fingerprint density at radius 3 is 2.84 bits per heavy atom. The Bertz CT molecular complexity index is 470. The van der Waals surface area contributed by atoms with Gasteiger partial charge in [0, 0.05) is 5.02 Å². The third-order valence-corrected chi connectivity index (χ3v) is 3.46. The van der Waals surface area contributed by atoms with Crippen LogP contribution in [0.5, 0.6) is 0 Å². The van der Waals surface area contributed by atoms with E-state index in [1.807, 2.05) is 0 Å². The maximum absolute atomic E-state index is 13.4. The molecule has 104 valence electrons. The number of aliphatic hydroxyl groups excluding tert-OH is 1. The van der Waals surface area contributed by atoms with Gasteiger partial charge in [-0.05, 0) is 31.0 Å². The number of benzene rings is 1. The van der Waals surface area contributed by atoms with Gasteiger partial charge in [0.05, 0.1) is 17.8 Å². The number of carbonyl (C=O) groups is 1. The lowest BCUT2D eigenvalue weighted by Crippen LogP contribution is -2.46. The highest BCUT2D eigenvalue weighted by atomic mass is 35.5. The second-order valence-corrected chi connectivity index (χ2v) is 5.12. The van der Waals surface area contributed by atoms with Crippen molar-refractivity contribution in [2.75, 3.05) is 5.32 Å². The second kappa shape index (κ2) is 6.21. The first-order chi connectivity index (χ1) is 9.06. The largest absolute Gasteiger partial charge is 0.391 e. The molecule has 1 aromatic rings. The molecule has 2 unspecified atom stereocenters. The lowest BCUT2D eigenvalue weighted by Gasteiger charge is -2.28. The van der Waals surface area contributed by atoms with Gasteiger partial charge in [-0.25, -0.2) is 9.18 Å². The highest BCUT2D eigenvalue weighted by Crippen LogP contribution is 2.21. The highest BCUT2D eigenvalue weighted by molar-refractivity contribution is 6.30. The van der Waals surface area contributed by atoms with Gasteiger partial charge in [0.25, 0.3) is 0 Å². The van der Waals surface area contributed by atoms with Crippen molar-refractivity contribution >= 4 is 23.3 Å². The van der Waals surface area contributed by atoms with Gasteiger partial charge in [-0.2, -0.15) is 0 Å². The van der Waals surface area contributed by atoms with E-state index in [0.717, 1.165) is 19.3 Å². The Labute approximate surface area is 116 Å². The molecule has 0 spiro atoms. The summed E-state index contributed by atoms with van der Waals surface area (Å²) in [5.74, 6) is -0.552. The molecule has 1 aromatic carbocycles. The van der Waals surface area contributed by atoms with Crippen LogP contribution in [0.15, 0.2) is 18.2 Å². The number of urea groups is 1. The molecule has 0 aliphatic heterocycles. The van der Waals surface area contributed by atoms with Gasteiger partial charge in [0.2, 0.25) is 0 Å². The van der Waals surface area contributed by atoms with Gasteiger partial charge < -0.3 is 15.7 Å². The second-order valence-electron chi connectivity index (χ2n) is 4.68. The van der Waals surface area contributed by atoms with Crippen molar-refractivity contribution in [3.05, 3.63) is 29.0 Å². The highest BCUT2D eigenvalue weighted by Gasteiger charge is 2.24. The smallest absolute Gasteiger partial charge is 0.319 e. The zero-order chi connectivity index (χ0) is 13.8. The Balaban J connectivity index is 1.95. The summed E-state index contributed by atoms with van der Waals surface area (Å²) in [5, 5.41) is 15.1. The first kappa shape index (κ1) is 14.1. The molecule has 4 nitrogen and oxygen atoms in total. The predicted molar refractivity (Wildman–Crippen MR) is 71.8 cm³/mol. The lowest BCUT2D eigenvalue weighted by molar-refractivity contribution is 0.0955. The molecule has 0 heterocycles. The molecular formula is C13H16ClFN2O2. The SMILES string of the molecule is O=C(Nc1cc(Cl)ccc1F)NC1CCCCC1O. The molecule has 0 radical (unpaired) electrons. The van der Waals surface area contributed by atoms with E-state index in [1.165, 1.54) is 18.2 Å². The Hall–Kier alpha value is -1.33. The van der Waals surface area contributed by atoms with E-state index in [4.69, 9.17) is 11.6 Å². The average molecular weight is 287 g/mol. The van der Waals surface area contributed by atoms with E-state index in [0.29, 0.717) is 11.4 Å². The minimum atomic E-state index is -0.552. The molecule has 3 N–H and O–H groups in total. The molecule has 2 atom stereocenters. The fourth-order valence-electron chi connectivity index (χ4n) is 2.20. The molecule has 6 heteroatoms. The fraction of sp³-hybridized carbons (Fsp3) is 0.462. The third-order valence-electron chi connectivity index (χ3n) is 3.22. The lowest BCUT2D eigenvalue weighted by atomic mass is 9.93. The minimum absolute atomic E-state index is 0.0234. The average Bonchev–Trinajstić information content (AvgIpc) is 2.37. The van der Waals surface area contributed by atoms with Gasteiger partial charge in [-0.15, -0.1) is 0 Å². The van der Waals surface area contributed by atoms with Gasteiger partial charge in [0.15, 0.2) is 0 Å². The van der Waals surface area contributed by atoms with Gasteiger partial charge in [-0.3, -0.25) is 0 Å². The maximum atomic E-state index is 13.4. The van der Waals surface area contributed by atoms with Gasteiger partial charge in [-0.1, -0.05) is 24.4 Å². The number of rotatable bonds is 2. The van der Waals surface area contributed by atoms with Gasteiger partial charge in [0.1, 0.15) is 5.82 Å². The topological polar surface area (TPSA) is 61.4 Å². The number of anilines is 1. The van der Waals surface area contributed by atoms with E-state index in [2.05, 4.69) is 10.6 Å². The van der Waals surface area contributed by atoms with Crippen LogP contribution in [0.2, 0.25) is 5.02 Å². The van der Waals surface area contributed by atoms with Crippen molar-refractivity contribution in [3.63, 3.8) is 0 Å². The molecule has 1 fully saturated rings. The number of amides is 2. The summed E-state index contributed by atoms with van der Waals surface area (Å²) in [4.78, 5) is 11.7. The molecule has 0 bridgehead atoms. The van der Waals surface area contributed by atoms with Crippen LogP contribution in [0.1, 0.15) is 25.7 Å². The van der Waals surface area contributed by atoms with Crippen LogP contribution in [-0.2, 0) is 0 Å². The van der Waals surface area contributed by atoms with Crippen molar-refractivity contribution in [2.45, 2.75) is 37.8 Å². The summed E-state index contributed by atoms with van der Waals surface area (Å²) in [7, 11) is 0. The quantitative estimate of drug-likeness (QED) is 0.783. The molecule has 0 aromatic heterocycles. The number of hydrogen-bond donors (Lipinski definition) is 3. The summed E-state index contributed by atoms with van der Waals surface area (Å²) in [6, 6.07) is 3.12. The van der Waals surface area contributed by atoms with Crippen LogP contribution in [0, 0.1) is 5.82 Å². The normalized spacial score (nSPS) is 22.9. The number of halogens is 2. The van der Waals surface area contributed by atoms with Crippen molar-refractivity contribution in [1.82, 2.24) is 5.32 Å². The van der Waals surface area contributed by atoms with E-state index in [9.17, 15) is 14.3 Å². The maximum Gasteiger partial charge on any atom is 0.319 e. The predicted octanol–water partition coefficient (Wildman–Crippen LogP) is 2.90. The van der Waals surface area contributed by atoms with Crippen molar-refractivity contribution in [3.8, 4) is 0 Å². The molecular weight excluding hydrogens is 271 g/mol. The number of hydrogen-bond acceptors (Lipinski definition) is 2. The van der Waals surface area contributed by atoms with E-state index in [1.54, 1.807) is 0 Å². The third kappa shape index (κ3) is 3.81. The van der Waals surface area contributed by atoms with Crippen LogP contribution in [-0.4, -0.2) is 23.3 Å². The van der Waals surface area contributed by atoms with E-state index in [-0.39, 0.29) is 11.7 Å². The van der Waals surface area contributed by atoms with Crippen LogP contribution in [0.4, 0.5) is 14.9 Å². The molecule has 2 amide bonds. The van der Waals surface area contributed by atoms with Crippen molar-refractivity contribution in [2.24, 2.45) is 0 Å². The molecule has 1 aliphatic rings. The molecule has 1 aliphatic carbocycles. The van der Waals surface area contributed by atoms with Crippen LogP contribution in [0.3, 0.4) is 0 Å². The van der Waals surface area contributed by atoms with Crippen LogP contribution in [0.25, 0.3) is 0 Å². The number of carbonyl (C=O) groups excluding carboxylic acids is 1. The Morgan fingerprint density at radius 1 is 1.37 bits per heavy atom. The summed E-state index contributed by atoms with van der Waals surface area (Å²) < 4.78 is 13.4. The standard InChI is InChI=1S/C13H16ClFN2O2/c14-8-5-6-9(15)11(7-8)17-13(19)16-10-3-1-2-4-12(10)18/h5-7,10,12,18H,1-4H2,(H2,16,17,19).